The Morgan fingerprint density at radius 3 is 2.94 bits per heavy atom. The van der Waals surface area contributed by atoms with Gasteiger partial charge < -0.3 is 5.73 Å². The summed E-state index contributed by atoms with van der Waals surface area (Å²) < 4.78 is 1.09. The number of likely N-dealkylation sites (tertiary alicyclic amines) is 1. The molecule has 2 unspecified atom stereocenters. The molecule has 2 rings (SSSR count). The SMILES string of the molecule is CC(N)C1CCCCN1Cc1ccc(Cl)cc1Br. The second kappa shape index (κ2) is 6.38. The molecule has 0 spiro atoms. The van der Waals surface area contributed by atoms with Crippen LogP contribution in [-0.4, -0.2) is 23.5 Å². The van der Waals surface area contributed by atoms with Crippen LogP contribution in [0.2, 0.25) is 5.02 Å². The summed E-state index contributed by atoms with van der Waals surface area (Å²) in [6.07, 6.45) is 3.78. The van der Waals surface area contributed by atoms with E-state index in [-0.39, 0.29) is 6.04 Å². The highest BCUT2D eigenvalue weighted by Crippen LogP contribution is 2.26. The Kier molecular flexibility index (Phi) is 5.07. The molecule has 0 radical (unpaired) electrons. The van der Waals surface area contributed by atoms with Crippen LogP contribution in [0.1, 0.15) is 31.7 Å². The van der Waals surface area contributed by atoms with Gasteiger partial charge in [-0.3, -0.25) is 4.90 Å². The zero-order chi connectivity index (χ0) is 13.1. The van der Waals surface area contributed by atoms with Gasteiger partial charge in [-0.05, 0) is 44.0 Å². The molecular formula is C14H20BrClN2. The molecule has 0 amide bonds. The molecule has 0 bridgehead atoms. The Balaban J connectivity index is 2.11. The van der Waals surface area contributed by atoms with Gasteiger partial charge in [0.2, 0.25) is 0 Å². The van der Waals surface area contributed by atoms with Crippen LogP contribution in [-0.2, 0) is 6.54 Å². The number of halogens is 2. The van der Waals surface area contributed by atoms with Crippen molar-refractivity contribution in [3.8, 4) is 0 Å². The predicted octanol–water partition coefficient (Wildman–Crippen LogP) is 3.80. The molecule has 2 atom stereocenters. The van der Waals surface area contributed by atoms with Crippen LogP contribution in [0.25, 0.3) is 0 Å². The smallest absolute Gasteiger partial charge is 0.0417 e. The quantitative estimate of drug-likeness (QED) is 0.912. The second-order valence-corrected chi connectivity index (χ2v) is 6.42. The molecule has 18 heavy (non-hydrogen) atoms. The van der Waals surface area contributed by atoms with E-state index >= 15 is 0 Å². The van der Waals surface area contributed by atoms with Crippen molar-refractivity contribution in [1.29, 1.82) is 0 Å². The number of rotatable bonds is 3. The van der Waals surface area contributed by atoms with Gasteiger partial charge in [-0.2, -0.15) is 0 Å². The van der Waals surface area contributed by atoms with Gasteiger partial charge in [-0.25, -0.2) is 0 Å². The molecule has 2 N–H and O–H groups in total. The lowest BCUT2D eigenvalue weighted by Crippen LogP contribution is -2.48. The molecule has 1 saturated heterocycles. The summed E-state index contributed by atoms with van der Waals surface area (Å²) in [5, 5.41) is 0.771. The average molecular weight is 332 g/mol. The van der Waals surface area contributed by atoms with E-state index in [4.69, 9.17) is 17.3 Å². The van der Waals surface area contributed by atoms with E-state index in [1.165, 1.54) is 24.8 Å². The molecule has 100 valence electrons. The molecule has 0 aliphatic carbocycles. The molecule has 0 saturated carbocycles. The van der Waals surface area contributed by atoms with E-state index in [0.29, 0.717) is 6.04 Å². The molecule has 1 heterocycles. The maximum Gasteiger partial charge on any atom is 0.0417 e. The summed E-state index contributed by atoms with van der Waals surface area (Å²) in [5.41, 5.74) is 7.38. The largest absolute Gasteiger partial charge is 0.327 e. The van der Waals surface area contributed by atoms with Crippen molar-refractivity contribution in [3.05, 3.63) is 33.3 Å². The first-order valence-corrected chi connectivity index (χ1v) is 7.68. The highest BCUT2D eigenvalue weighted by Gasteiger charge is 2.25. The highest BCUT2D eigenvalue weighted by atomic mass is 79.9. The van der Waals surface area contributed by atoms with Crippen molar-refractivity contribution >= 4 is 27.5 Å². The van der Waals surface area contributed by atoms with Gasteiger partial charge in [0.1, 0.15) is 0 Å². The van der Waals surface area contributed by atoms with Crippen molar-refractivity contribution in [3.63, 3.8) is 0 Å². The third-order valence-corrected chi connectivity index (χ3v) is 4.63. The zero-order valence-corrected chi connectivity index (χ0v) is 13.0. The van der Waals surface area contributed by atoms with E-state index in [1.807, 2.05) is 12.1 Å². The maximum atomic E-state index is 6.10. The predicted molar refractivity (Wildman–Crippen MR) is 80.9 cm³/mol. The van der Waals surface area contributed by atoms with Crippen LogP contribution in [0.5, 0.6) is 0 Å². The summed E-state index contributed by atoms with van der Waals surface area (Å²) in [5.74, 6) is 0. The number of piperidine rings is 1. The van der Waals surface area contributed by atoms with Gasteiger partial charge in [-0.1, -0.05) is 40.0 Å². The zero-order valence-electron chi connectivity index (χ0n) is 10.7. The topological polar surface area (TPSA) is 29.3 Å². The minimum atomic E-state index is 0.233. The van der Waals surface area contributed by atoms with E-state index in [1.54, 1.807) is 0 Å². The van der Waals surface area contributed by atoms with Crippen molar-refractivity contribution in [1.82, 2.24) is 4.90 Å². The molecule has 1 aromatic rings. The summed E-state index contributed by atoms with van der Waals surface area (Å²) in [6.45, 7) is 4.20. The minimum Gasteiger partial charge on any atom is -0.327 e. The van der Waals surface area contributed by atoms with Gasteiger partial charge in [-0.15, -0.1) is 0 Å². The molecule has 1 aromatic carbocycles. The van der Waals surface area contributed by atoms with Gasteiger partial charge in [0.05, 0.1) is 0 Å². The van der Waals surface area contributed by atoms with E-state index in [2.05, 4.69) is 33.8 Å². The monoisotopic (exact) mass is 330 g/mol. The number of hydrogen-bond acceptors (Lipinski definition) is 2. The lowest BCUT2D eigenvalue weighted by Gasteiger charge is -2.38. The van der Waals surface area contributed by atoms with E-state index in [0.717, 1.165) is 22.6 Å². The number of benzene rings is 1. The minimum absolute atomic E-state index is 0.233. The average Bonchev–Trinajstić information content (AvgIpc) is 2.33. The first-order valence-electron chi connectivity index (χ1n) is 6.51. The summed E-state index contributed by atoms with van der Waals surface area (Å²) in [6, 6.07) is 6.74. The lowest BCUT2D eigenvalue weighted by molar-refractivity contribution is 0.123. The maximum absolute atomic E-state index is 6.10. The van der Waals surface area contributed by atoms with Gasteiger partial charge in [0.15, 0.2) is 0 Å². The first kappa shape index (κ1) is 14.3. The van der Waals surface area contributed by atoms with Gasteiger partial charge in [0.25, 0.3) is 0 Å². The van der Waals surface area contributed by atoms with Crippen molar-refractivity contribution in [2.75, 3.05) is 6.54 Å². The van der Waals surface area contributed by atoms with Crippen molar-refractivity contribution in [2.45, 2.75) is 44.8 Å². The van der Waals surface area contributed by atoms with Crippen molar-refractivity contribution < 1.29 is 0 Å². The number of hydrogen-bond donors (Lipinski definition) is 1. The third-order valence-electron chi connectivity index (χ3n) is 3.66. The summed E-state index contributed by atoms with van der Waals surface area (Å²) in [7, 11) is 0. The molecular weight excluding hydrogens is 312 g/mol. The molecule has 1 aliphatic heterocycles. The van der Waals surface area contributed by atoms with Crippen LogP contribution in [0, 0.1) is 0 Å². The molecule has 0 aromatic heterocycles. The molecule has 4 heteroatoms. The Morgan fingerprint density at radius 2 is 2.28 bits per heavy atom. The fourth-order valence-corrected chi connectivity index (χ4v) is 3.49. The van der Waals surface area contributed by atoms with Crippen LogP contribution >= 0.6 is 27.5 Å². The van der Waals surface area contributed by atoms with Crippen LogP contribution < -0.4 is 5.73 Å². The van der Waals surface area contributed by atoms with Crippen LogP contribution in [0.4, 0.5) is 0 Å². The molecule has 1 fully saturated rings. The Hall–Kier alpha value is -0.0900. The van der Waals surface area contributed by atoms with Crippen LogP contribution in [0.15, 0.2) is 22.7 Å². The standard InChI is InChI=1S/C14H20BrClN2/c1-10(17)14-4-2-3-7-18(14)9-11-5-6-12(16)8-13(11)15/h5-6,8,10,14H,2-4,7,9,17H2,1H3. The summed E-state index contributed by atoms with van der Waals surface area (Å²) in [4.78, 5) is 2.50. The first-order chi connectivity index (χ1) is 8.58. The Bertz CT molecular complexity index is 409. The number of nitrogens with two attached hydrogens (primary N) is 1. The van der Waals surface area contributed by atoms with Crippen LogP contribution in [0.3, 0.4) is 0 Å². The summed E-state index contributed by atoms with van der Waals surface area (Å²) >= 11 is 9.56. The second-order valence-electron chi connectivity index (χ2n) is 5.13. The Labute approximate surface area is 123 Å². The fraction of sp³-hybridized carbons (Fsp3) is 0.571. The number of nitrogens with zero attached hydrogens (tertiary/aromatic N) is 1. The van der Waals surface area contributed by atoms with E-state index < -0.39 is 0 Å². The lowest BCUT2D eigenvalue weighted by atomic mass is 9.96. The van der Waals surface area contributed by atoms with Gasteiger partial charge >= 0.3 is 0 Å². The van der Waals surface area contributed by atoms with E-state index in [9.17, 15) is 0 Å². The third kappa shape index (κ3) is 3.47. The highest BCUT2D eigenvalue weighted by molar-refractivity contribution is 9.10. The Morgan fingerprint density at radius 1 is 1.50 bits per heavy atom. The van der Waals surface area contributed by atoms with Gasteiger partial charge in [0, 0.05) is 28.1 Å². The molecule has 2 nitrogen and oxygen atoms in total. The van der Waals surface area contributed by atoms with Crippen molar-refractivity contribution in [2.24, 2.45) is 5.73 Å². The molecule has 1 aliphatic rings. The fourth-order valence-electron chi connectivity index (χ4n) is 2.68. The normalized spacial score (nSPS) is 23.0.